The van der Waals surface area contributed by atoms with Crippen molar-refractivity contribution in [3.63, 3.8) is 0 Å². The Morgan fingerprint density at radius 2 is 1.65 bits per heavy atom. The summed E-state index contributed by atoms with van der Waals surface area (Å²) >= 11 is 0. The second-order valence-electron chi connectivity index (χ2n) is 5.48. The number of nitrogens with one attached hydrogen (secondary N) is 1. The summed E-state index contributed by atoms with van der Waals surface area (Å²) in [6.45, 7) is 7.90. The van der Waals surface area contributed by atoms with Gasteiger partial charge in [-0.2, -0.15) is 0 Å². The summed E-state index contributed by atoms with van der Waals surface area (Å²) in [5, 5.41) is 3.43. The highest BCUT2D eigenvalue weighted by molar-refractivity contribution is 5.28. The number of hydrogen-bond donors (Lipinski definition) is 1. The van der Waals surface area contributed by atoms with Crippen molar-refractivity contribution in [2.75, 3.05) is 6.54 Å². The van der Waals surface area contributed by atoms with Crippen LogP contribution in [-0.4, -0.2) is 12.6 Å². The van der Waals surface area contributed by atoms with Crippen molar-refractivity contribution in [1.29, 1.82) is 0 Å². The first-order chi connectivity index (χ1) is 9.70. The molecule has 0 aromatic carbocycles. The highest BCUT2D eigenvalue weighted by atomic mass is 14.9. The molecule has 0 saturated carbocycles. The van der Waals surface area contributed by atoms with Crippen LogP contribution in [0, 0.1) is 12.3 Å². The van der Waals surface area contributed by atoms with E-state index in [1.165, 1.54) is 25.0 Å². The molecule has 2 atom stereocenters. The van der Waals surface area contributed by atoms with E-state index in [-0.39, 0.29) is 0 Å². The van der Waals surface area contributed by atoms with Gasteiger partial charge in [0, 0.05) is 12.5 Å². The molecule has 1 nitrogen and oxygen atoms in total. The van der Waals surface area contributed by atoms with E-state index in [2.05, 4.69) is 38.2 Å². The molecule has 0 spiro atoms. The molecular weight excluding hydrogens is 242 g/mol. The van der Waals surface area contributed by atoms with Crippen molar-refractivity contribution in [1.82, 2.24) is 5.32 Å². The van der Waals surface area contributed by atoms with Crippen molar-refractivity contribution in [3.8, 4) is 0 Å². The SMILES string of the molecule is CC1=C/C=C\[CH]/C=C\C=C/C=C\1.CC1CCCNC1C. The third kappa shape index (κ3) is 7.96. The molecule has 1 heteroatoms. The van der Waals surface area contributed by atoms with Gasteiger partial charge in [0.25, 0.3) is 0 Å². The van der Waals surface area contributed by atoms with Crippen LogP contribution < -0.4 is 5.32 Å². The molecule has 0 amide bonds. The summed E-state index contributed by atoms with van der Waals surface area (Å²) in [7, 11) is 0. The van der Waals surface area contributed by atoms with Crippen molar-refractivity contribution >= 4 is 0 Å². The average Bonchev–Trinajstić information content (AvgIpc) is 2.49. The van der Waals surface area contributed by atoms with Crippen LogP contribution in [0.1, 0.15) is 33.6 Å². The topological polar surface area (TPSA) is 12.0 Å². The third-order valence-corrected chi connectivity index (χ3v) is 3.65. The minimum absolute atomic E-state index is 0.753. The Bertz CT molecular complexity index is 386. The lowest BCUT2D eigenvalue weighted by atomic mass is 9.94. The Morgan fingerprint density at radius 3 is 2.35 bits per heavy atom. The zero-order chi connectivity index (χ0) is 14.6. The van der Waals surface area contributed by atoms with E-state index in [9.17, 15) is 0 Å². The van der Waals surface area contributed by atoms with Crippen LogP contribution in [0.5, 0.6) is 0 Å². The van der Waals surface area contributed by atoms with Crippen LogP contribution in [0.4, 0.5) is 0 Å². The summed E-state index contributed by atoms with van der Waals surface area (Å²) in [6.07, 6.45) is 23.1. The zero-order valence-electron chi connectivity index (χ0n) is 13.0. The van der Waals surface area contributed by atoms with E-state index < -0.39 is 0 Å². The number of hydrogen-bond acceptors (Lipinski definition) is 1. The molecule has 0 aromatic rings. The highest BCUT2D eigenvalue weighted by Crippen LogP contribution is 2.13. The molecule has 20 heavy (non-hydrogen) atoms. The fraction of sp³-hybridized carbons (Fsp3) is 0.421. The van der Waals surface area contributed by atoms with Crippen LogP contribution in [0.25, 0.3) is 0 Å². The fourth-order valence-corrected chi connectivity index (χ4v) is 2.06. The summed E-state index contributed by atoms with van der Waals surface area (Å²) in [4.78, 5) is 0. The Balaban J connectivity index is 0.000000217. The van der Waals surface area contributed by atoms with Crippen molar-refractivity contribution in [3.05, 3.63) is 66.7 Å². The molecule has 1 fully saturated rings. The summed E-state index contributed by atoms with van der Waals surface area (Å²) in [5.74, 6) is 0.892. The van der Waals surface area contributed by atoms with Gasteiger partial charge < -0.3 is 5.32 Å². The lowest BCUT2D eigenvalue weighted by molar-refractivity contribution is 0.319. The predicted octanol–water partition coefficient (Wildman–Crippen LogP) is 4.77. The lowest BCUT2D eigenvalue weighted by Gasteiger charge is -2.26. The van der Waals surface area contributed by atoms with E-state index in [1.807, 2.05) is 49.0 Å². The van der Waals surface area contributed by atoms with E-state index in [1.54, 1.807) is 0 Å². The number of rotatable bonds is 0. The van der Waals surface area contributed by atoms with Crippen molar-refractivity contribution < 1.29 is 0 Å². The molecule has 0 bridgehead atoms. The predicted molar refractivity (Wildman–Crippen MR) is 90.5 cm³/mol. The molecule has 2 aliphatic rings. The molecule has 1 heterocycles. The molecule has 2 unspecified atom stereocenters. The van der Waals surface area contributed by atoms with Crippen LogP contribution in [0.15, 0.2) is 60.3 Å². The summed E-state index contributed by atoms with van der Waals surface area (Å²) in [5.41, 5.74) is 1.26. The van der Waals surface area contributed by atoms with Gasteiger partial charge in [-0.3, -0.25) is 0 Å². The Kier molecular flexibility index (Phi) is 8.73. The Labute approximate surface area is 124 Å². The molecule has 1 radical (unpaired) electrons. The van der Waals surface area contributed by atoms with Crippen LogP contribution >= 0.6 is 0 Å². The second-order valence-corrected chi connectivity index (χ2v) is 5.48. The van der Waals surface area contributed by atoms with Gasteiger partial charge in [-0.05, 0) is 39.2 Å². The summed E-state index contributed by atoms with van der Waals surface area (Å²) in [6, 6.07) is 0.753. The Morgan fingerprint density at radius 1 is 0.950 bits per heavy atom. The third-order valence-electron chi connectivity index (χ3n) is 3.65. The van der Waals surface area contributed by atoms with Gasteiger partial charge >= 0.3 is 0 Å². The second kappa shape index (κ2) is 10.4. The number of allylic oxidation sites excluding steroid dienone is 10. The van der Waals surface area contributed by atoms with Crippen LogP contribution in [0.2, 0.25) is 0 Å². The first kappa shape index (κ1) is 16.7. The standard InChI is InChI=1S/C12H13.C7H15N/c1-12-10-8-6-4-2-3-5-7-9-11-12;1-6-4-3-5-8-7(6)2/h2-11H,1H3;6-8H,3-5H2,1-2H3/b3-2-,6-4-,9-7-,10-8-,12-11-;. The van der Waals surface area contributed by atoms with Gasteiger partial charge in [0.05, 0.1) is 0 Å². The lowest BCUT2D eigenvalue weighted by Crippen LogP contribution is -2.37. The van der Waals surface area contributed by atoms with E-state index in [4.69, 9.17) is 0 Å². The molecule has 1 aliphatic carbocycles. The van der Waals surface area contributed by atoms with Gasteiger partial charge in [0.1, 0.15) is 0 Å². The van der Waals surface area contributed by atoms with Gasteiger partial charge in [0.15, 0.2) is 0 Å². The molecule has 0 aromatic heterocycles. The maximum absolute atomic E-state index is 3.43. The zero-order valence-corrected chi connectivity index (χ0v) is 13.0. The Hall–Kier alpha value is -1.34. The van der Waals surface area contributed by atoms with Crippen molar-refractivity contribution in [2.45, 2.75) is 39.7 Å². The first-order valence-corrected chi connectivity index (χ1v) is 7.62. The molecule has 109 valence electrons. The van der Waals surface area contributed by atoms with E-state index in [0.29, 0.717) is 0 Å². The van der Waals surface area contributed by atoms with Gasteiger partial charge in [-0.15, -0.1) is 0 Å². The summed E-state index contributed by atoms with van der Waals surface area (Å²) < 4.78 is 0. The van der Waals surface area contributed by atoms with Crippen LogP contribution in [-0.2, 0) is 0 Å². The molecular formula is C19H28N. The number of piperidine rings is 1. The van der Waals surface area contributed by atoms with Gasteiger partial charge in [-0.25, -0.2) is 0 Å². The largest absolute Gasteiger partial charge is 0.314 e. The maximum atomic E-state index is 3.43. The molecule has 1 saturated heterocycles. The fourth-order valence-electron chi connectivity index (χ4n) is 2.06. The maximum Gasteiger partial charge on any atom is 0.00643 e. The molecule has 1 N–H and O–H groups in total. The smallest absolute Gasteiger partial charge is 0.00643 e. The molecule has 2 rings (SSSR count). The monoisotopic (exact) mass is 270 g/mol. The van der Waals surface area contributed by atoms with Crippen molar-refractivity contribution in [2.24, 2.45) is 5.92 Å². The van der Waals surface area contributed by atoms with E-state index in [0.717, 1.165) is 12.0 Å². The first-order valence-electron chi connectivity index (χ1n) is 7.62. The molecule has 1 aliphatic heterocycles. The average molecular weight is 270 g/mol. The minimum atomic E-state index is 0.753. The van der Waals surface area contributed by atoms with Gasteiger partial charge in [-0.1, -0.05) is 67.2 Å². The van der Waals surface area contributed by atoms with Gasteiger partial charge in [0.2, 0.25) is 0 Å². The normalized spacial score (nSPS) is 35.2. The van der Waals surface area contributed by atoms with E-state index >= 15 is 0 Å². The van der Waals surface area contributed by atoms with Crippen LogP contribution in [0.3, 0.4) is 0 Å². The highest BCUT2D eigenvalue weighted by Gasteiger charge is 2.14. The quantitative estimate of drug-likeness (QED) is 0.668. The minimum Gasteiger partial charge on any atom is -0.314 e.